The van der Waals surface area contributed by atoms with Gasteiger partial charge in [0.15, 0.2) is 11.5 Å². The summed E-state index contributed by atoms with van der Waals surface area (Å²) in [4.78, 5) is 27.3. The predicted octanol–water partition coefficient (Wildman–Crippen LogP) is 2.30. The average molecular weight is 389 g/mol. The highest BCUT2D eigenvalue weighted by atomic mass is 32.2. The number of carbonyl (C=O) groups is 2. The minimum Gasteiger partial charge on any atom is -0.493 e. The van der Waals surface area contributed by atoms with E-state index in [-0.39, 0.29) is 18.7 Å². The van der Waals surface area contributed by atoms with Gasteiger partial charge in [0.2, 0.25) is 0 Å². The second-order valence-corrected chi connectivity index (χ2v) is 6.73. The van der Waals surface area contributed by atoms with Crippen molar-refractivity contribution in [3.8, 4) is 11.5 Å². The third-order valence-corrected chi connectivity index (χ3v) is 5.08. The Morgan fingerprint density at radius 1 is 1.11 bits per heavy atom. The number of aliphatic hydroxyl groups is 1. The van der Waals surface area contributed by atoms with Crippen molar-refractivity contribution in [2.75, 3.05) is 26.6 Å². The molecule has 0 saturated heterocycles. The summed E-state index contributed by atoms with van der Waals surface area (Å²) in [5.74, 6) is 0.981. The number of hydrogen-bond donors (Lipinski definition) is 1. The Hall–Kier alpha value is -2.71. The summed E-state index contributed by atoms with van der Waals surface area (Å²) in [7, 11) is 3.02. The van der Waals surface area contributed by atoms with Gasteiger partial charge in [-0.05, 0) is 29.8 Å². The fourth-order valence-corrected chi connectivity index (χ4v) is 3.66. The van der Waals surface area contributed by atoms with Crippen molar-refractivity contribution in [3.63, 3.8) is 0 Å². The molecular weight excluding hydrogens is 370 g/mol. The van der Waals surface area contributed by atoms with E-state index in [1.54, 1.807) is 30.3 Å². The molecule has 0 fully saturated rings. The number of rotatable bonds is 8. The Kier molecular flexibility index (Phi) is 5.88. The van der Waals surface area contributed by atoms with Crippen LogP contribution >= 0.6 is 11.8 Å². The topological polar surface area (TPSA) is 89.2 Å². The van der Waals surface area contributed by atoms with Gasteiger partial charge < -0.3 is 19.0 Å². The minimum absolute atomic E-state index is 0.0463. The molecule has 0 atom stereocenters. The Balaban J connectivity index is 2.01. The van der Waals surface area contributed by atoms with Crippen LogP contribution in [-0.2, 0) is 16.1 Å². The Bertz CT molecular complexity index is 874. The lowest BCUT2D eigenvalue weighted by molar-refractivity contribution is -0.137. The number of benzene rings is 1. The van der Waals surface area contributed by atoms with Gasteiger partial charge in [0.25, 0.3) is 11.8 Å². The molecule has 2 amide bonds. The third kappa shape index (κ3) is 3.72. The molecule has 142 valence electrons. The van der Waals surface area contributed by atoms with Crippen LogP contribution in [0.1, 0.15) is 11.3 Å². The van der Waals surface area contributed by atoms with Gasteiger partial charge in [-0.2, -0.15) is 0 Å². The lowest BCUT2D eigenvalue weighted by Crippen LogP contribution is -2.30. The molecule has 1 aromatic heterocycles. The first-order chi connectivity index (χ1) is 13.1. The zero-order valence-corrected chi connectivity index (χ0v) is 15.7. The molecule has 0 radical (unpaired) electrons. The molecule has 1 aromatic carbocycles. The molecule has 0 bridgehead atoms. The summed E-state index contributed by atoms with van der Waals surface area (Å²) in [5.41, 5.74) is 0.833. The second-order valence-electron chi connectivity index (χ2n) is 5.62. The molecule has 0 saturated carbocycles. The molecule has 1 N–H and O–H groups in total. The number of thioether (sulfide) groups is 1. The van der Waals surface area contributed by atoms with Gasteiger partial charge in [-0.1, -0.05) is 6.07 Å². The van der Waals surface area contributed by atoms with E-state index in [1.165, 1.54) is 20.5 Å². The number of carbonyl (C=O) groups excluding carboxylic acids is 2. The van der Waals surface area contributed by atoms with Gasteiger partial charge in [-0.25, -0.2) is 0 Å². The van der Waals surface area contributed by atoms with E-state index in [1.807, 2.05) is 0 Å². The molecule has 0 spiro atoms. The monoisotopic (exact) mass is 389 g/mol. The van der Waals surface area contributed by atoms with Crippen LogP contribution in [0.15, 0.2) is 45.9 Å². The predicted molar refractivity (Wildman–Crippen MR) is 100 cm³/mol. The number of imide groups is 1. The number of furan rings is 1. The Labute approximate surface area is 160 Å². The molecule has 27 heavy (non-hydrogen) atoms. The van der Waals surface area contributed by atoms with Crippen LogP contribution in [0.4, 0.5) is 0 Å². The summed E-state index contributed by atoms with van der Waals surface area (Å²) in [6.07, 6.45) is 1.49. The Morgan fingerprint density at radius 2 is 1.89 bits per heavy atom. The number of amides is 2. The van der Waals surface area contributed by atoms with E-state index in [4.69, 9.17) is 19.0 Å². The largest absolute Gasteiger partial charge is 0.493 e. The number of hydrogen-bond acceptors (Lipinski definition) is 7. The van der Waals surface area contributed by atoms with Crippen LogP contribution in [0.3, 0.4) is 0 Å². The zero-order valence-electron chi connectivity index (χ0n) is 14.9. The van der Waals surface area contributed by atoms with Gasteiger partial charge in [-0.15, -0.1) is 11.8 Å². The first kappa shape index (κ1) is 19.1. The molecule has 2 aromatic rings. The molecule has 7 nitrogen and oxygen atoms in total. The van der Waals surface area contributed by atoms with Crippen molar-refractivity contribution in [3.05, 3.63) is 52.8 Å². The standard InChI is InChI=1S/C19H19NO6S/c1-24-14-6-5-12(10-15(14)25-2)16-17(27-9-7-21)19(23)20(18(16)22)11-13-4-3-8-26-13/h3-6,8,10,21H,7,9,11H2,1-2H3. The maximum absolute atomic E-state index is 13.0. The van der Waals surface area contributed by atoms with Crippen molar-refractivity contribution < 1.29 is 28.6 Å². The smallest absolute Gasteiger partial charge is 0.268 e. The van der Waals surface area contributed by atoms with Crippen LogP contribution in [0.2, 0.25) is 0 Å². The quantitative estimate of drug-likeness (QED) is 0.693. The molecular formula is C19H19NO6S. The van der Waals surface area contributed by atoms with Crippen molar-refractivity contribution in [1.82, 2.24) is 4.90 Å². The highest BCUT2D eigenvalue weighted by Gasteiger charge is 2.39. The van der Waals surface area contributed by atoms with E-state index < -0.39 is 11.8 Å². The summed E-state index contributed by atoms with van der Waals surface area (Å²) in [5, 5.41) is 9.15. The SMILES string of the molecule is COc1ccc(C2=C(SCCO)C(=O)N(Cc3ccco3)C2=O)cc1OC. The fraction of sp³-hybridized carbons (Fsp3) is 0.263. The van der Waals surface area contributed by atoms with Gasteiger partial charge in [0.05, 0.1) is 44.1 Å². The van der Waals surface area contributed by atoms with E-state index in [0.29, 0.717) is 33.5 Å². The summed E-state index contributed by atoms with van der Waals surface area (Å²) >= 11 is 1.15. The van der Waals surface area contributed by atoms with Crippen LogP contribution in [0.25, 0.3) is 5.57 Å². The third-order valence-electron chi connectivity index (χ3n) is 4.03. The summed E-state index contributed by atoms with van der Waals surface area (Å²) in [6.45, 7) is -0.0579. The molecule has 8 heteroatoms. The molecule has 3 rings (SSSR count). The van der Waals surface area contributed by atoms with Gasteiger partial charge in [0, 0.05) is 5.75 Å². The fourth-order valence-electron chi connectivity index (χ4n) is 2.78. The number of aliphatic hydroxyl groups excluding tert-OH is 1. The van der Waals surface area contributed by atoms with E-state index in [9.17, 15) is 9.59 Å². The highest BCUT2D eigenvalue weighted by molar-refractivity contribution is 8.04. The molecule has 2 heterocycles. The maximum atomic E-state index is 13.0. The van der Waals surface area contributed by atoms with Crippen LogP contribution in [-0.4, -0.2) is 48.4 Å². The summed E-state index contributed by atoms with van der Waals surface area (Å²) in [6, 6.07) is 8.45. The van der Waals surface area contributed by atoms with Gasteiger partial charge in [-0.3, -0.25) is 14.5 Å². The van der Waals surface area contributed by atoms with Crippen LogP contribution in [0, 0.1) is 0 Å². The first-order valence-corrected chi connectivity index (χ1v) is 9.18. The molecule has 0 aliphatic carbocycles. The van der Waals surface area contributed by atoms with Gasteiger partial charge >= 0.3 is 0 Å². The van der Waals surface area contributed by atoms with Crippen molar-refractivity contribution in [2.24, 2.45) is 0 Å². The zero-order chi connectivity index (χ0) is 19.4. The average Bonchev–Trinajstić information content (AvgIpc) is 3.28. The number of nitrogens with zero attached hydrogens (tertiary/aromatic N) is 1. The first-order valence-electron chi connectivity index (χ1n) is 8.19. The lowest BCUT2D eigenvalue weighted by Gasteiger charge is -2.14. The van der Waals surface area contributed by atoms with Crippen molar-refractivity contribution in [2.45, 2.75) is 6.54 Å². The summed E-state index contributed by atoms with van der Waals surface area (Å²) < 4.78 is 15.8. The second kappa shape index (κ2) is 8.32. The Morgan fingerprint density at radius 3 is 2.52 bits per heavy atom. The highest BCUT2D eigenvalue weighted by Crippen LogP contribution is 2.39. The number of methoxy groups -OCH3 is 2. The van der Waals surface area contributed by atoms with Gasteiger partial charge in [0.1, 0.15) is 5.76 Å². The van der Waals surface area contributed by atoms with Crippen molar-refractivity contribution >= 4 is 29.1 Å². The minimum atomic E-state index is -0.413. The van der Waals surface area contributed by atoms with E-state index in [2.05, 4.69) is 0 Å². The van der Waals surface area contributed by atoms with Crippen molar-refractivity contribution in [1.29, 1.82) is 0 Å². The lowest BCUT2D eigenvalue weighted by atomic mass is 10.1. The molecule has 1 aliphatic heterocycles. The molecule has 0 unspecified atom stereocenters. The van der Waals surface area contributed by atoms with Crippen LogP contribution in [0.5, 0.6) is 11.5 Å². The van der Waals surface area contributed by atoms with Crippen LogP contribution < -0.4 is 9.47 Å². The van der Waals surface area contributed by atoms with E-state index in [0.717, 1.165) is 16.7 Å². The normalized spacial score (nSPS) is 14.3. The maximum Gasteiger partial charge on any atom is 0.268 e. The molecule has 1 aliphatic rings. The number of ether oxygens (including phenoxy) is 2. The van der Waals surface area contributed by atoms with E-state index >= 15 is 0 Å².